The molecule has 2 saturated heterocycles. The number of nitrogens with zero attached hydrogens (tertiary/aromatic N) is 6. The maximum Gasteiger partial charge on any atom is 0.246 e. The van der Waals surface area contributed by atoms with Crippen molar-refractivity contribution < 1.29 is 76.9 Å². The van der Waals surface area contributed by atoms with Crippen LogP contribution in [0.3, 0.4) is 0 Å². The van der Waals surface area contributed by atoms with Gasteiger partial charge in [0.15, 0.2) is 0 Å². The van der Waals surface area contributed by atoms with Crippen LogP contribution in [0, 0.1) is 24.7 Å². The molecular weight excluding hydrogens is 1710 g/mol. The minimum Gasteiger partial charge on any atom is -0.488 e. The molecule has 0 radical (unpaired) electrons. The molecule has 0 spiro atoms. The van der Waals surface area contributed by atoms with Gasteiger partial charge in [0.25, 0.3) is 0 Å². The first-order valence-electron chi connectivity index (χ1n) is 46.4. The largest absolute Gasteiger partial charge is 0.488 e. The normalized spacial score (nSPS) is 20.2. The SMILES string of the molecule is Cc1ncsc1-c1ccc(CNC(=O)[C@@H]2C[C@@H](O)CN2C(=O)[C@@H](NC(=O)CCCCCCCOC[C@H](CCC(N)=O)NC(=O)[C@@H]2Cc3ccc(O[C@@H]4C[C@@H](C(=O)NCc5ccc(-c6scnc6C)cc5)N(C(=O)[C@@H](NC(=O)CCCCCCCCOC[C@H](CCC(N)=O)NC(=O)[C@@H]5Cc6cccc7c6N5C(=O)[C@@H](N)CC7)C(C)(C)C)C4)c4c3N2C(=O)[C@@H](N)CC4)C(C)(C)C)cc1. The minimum atomic E-state index is -1.05. The molecule has 15 N–H and O–H groups in total. The van der Waals surface area contributed by atoms with Gasteiger partial charge in [0, 0.05) is 89.8 Å². The molecule has 2 fully saturated rings. The number of amides is 12. The van der Waals surface area contributed by atoms with Crippen molar-refractivity contribution in [3.05, 3.63) is 135 Å². The maximum absolute atomic E-state index is 15.4. The van der Waals surface area contributed by atoms with Crippen molar-refractivity contribution in [1.82, 2.24) is 51.7 Å². The summed E-state index contributed by atoms with van der Waals surface area (Å²) in [5.41, 5.74) is 36.3. The highest BCUT2D eigenvalue weighted by Gasteiger charge is 2.50. The van der Waals surface area contributed by atoms with Gasteiger partial charge in [-0.3, -0.25) is 67.3 Å². The van der Waals surface area contributed by atoms with E-state index in [9.17, 15) is 57.8 Å². The number of aryl methyl sites for hydroxylation is 3. The highest BCUT2D eigenvalue weighted by Crippen LogP contribution is 2.45. The second kappa shape index (κ2) is 45.7. The van der Waals surface area contributed by atoms with Gasteiger partial charge in [-0.15, -0.1) is 22.7 Å². The summed E-state index contributed by atoms with van der Waals surface area (Å²) in [6.45, 7) is 16.2. The van der Waals surface area contributed by atoms with Crippen LogP contribution in [-0.2, 0) is 106 Å². The lowest BCUT2D eigenvalue weighted by Gasteiger charge is -2.35. The Morgan fingerprint density at radius 3 is 1.40 bits per heavy atom. The Labute approximate surface area is 775 Å². The van der Waals surface area contributed by atoms with Crippen molar-refractivity contribution in [3.63, 3.8) is 0 Å². The number of nitrogens with one attached hydrogen (secondary N) is 6. The molecule has 131 heavy (non-hydrogen) atoms. The number of para-hydroxylation sites is 1. The first-order chi connectivity index (χ1) is 62.6. The summed E-state index contributed by atoms with van der Waals surface area (Å²) >= 11 is 3.09. The molecule has 12 amide bonds. The van der Waals surface area contributed by atoms with Crippen molar-refractivity contribution in [2.24, 2.45) is 33.8 Å². The van der Waals surface area contributed by atoms with Crippen LogP contribution in [0.1, 0.15) is 221 Å². The molecule has 6 aromatic rings. The van der Waals surface area contributed by atoms with Gasteiger partial charge in [0.1, 0.15) is 48.1 Å². The molecule has 32 nitrogen and oxygen atoms in total. The van der Waals surface area contributed by atoms with Gasteiger partial charge < -0.3 is 84.0 Å². The fraction of sp³-hybridized carbons (Fsp3) is 0.567. The second-order valence-corrected chi connectivity index (χ2v) is 39.8. The number of benzene rings is 4. The third kappa shape index (κ3) is 26.0. The van der Waals surface area contributed by atoms with E-state index < -0.39 is 131 Å². The van der Waals surface area contributed by atoms with E-state index in [0.717, 1.165) is 105 Å². The predicted octanol–water partition coefficient (Wildman–Crippen LogP) is 7.92. The molecule has 8 heterocycles. The number of carbonyl (C=O) groups excluding carboxylic acids is 12. The van der Waals surface area contributed by atoms with Crippen molar-refractivity contribution in [2.75, 3.05) is 49.3 Å². The number of unbranched alkanes of at least 4 members (excludes halogenated alkanes) is 9. The zero-order chi connectivity index (χ0) is 94.0. The minimum absolute atomic E-state index is 0.0371. The first-order valence-corrected chi connectivity index (χ1v) is 48.2. The molecule has 6 aliphatic heterocycles. The molecule has 0 unspecified atom stereocenters. The van der Waals surface area contributed by atoms with Gasteiger partial charge in [-0.1, -0.05) is 159 Å². The number of primary amides is 2. The number of thiazole rings is 2. The number of aromatic nitrogens is 2. The van der Waals surface area contributed by atoms with Crippen LogP contribution in [-0.4, -0.2) is 208 Å². The Morgan fingerprint density at radius 1 is 0.504 bits per heavy atom. The van der Waals surface area contributed by atoms with Gasteiger partial charge in [0.05, 0.1) is 93.6 Å². The number of ether oxygens (including phenoxy) is 3. The Hall–Kier alpha value is -10.6. The molecule has 708 valence electrons. The predicted molar refractivity (Wildman–Crippen MR) is 500 cm³/mol. The number of rotatable bonds is 45. The molecule has 6 aliphatic rings. The van der Waals surface area contributed by atoms with Crippen LogP contribution in [0.15, 0.2) is 89.9 Å². The molecule has 34 heteroatoms. The number of hydrogen-bond donors (Lipinski definition) is 11. The lowest BCUT2D eigenvalue weighted by molar-refractivity contribution is -0.144. The molecule has 0 bridgehead atoms. The van der Waals surface area contributed by atoms with Gasteiger partial charge >= 0.3 is 0 Å². The van der Waals surface area contributed by atoms with Crippen LogP contribution in [0.5, 0.6) is 5.75 Å². The van der Waals surface area contributed by atoms with E-state index in [1.165, 1.54) is 26.0 Å². The first kappa shape index (κ1) is 99.4. The van der Waals surface area contributed by atoms with E-state index in [4.69, 9.17) is 37.1 Å². The molecule has 4 aromatic carbocycles. The summed E-state index contributed by atoms with van der Waals surface area (Å²) in [5, 5.41) is 28.9. The Morgan fingerprint density at radius 2 is 0.939 bits per heavy atom. The standard InChI is InChI=1S/C97H132N16O16S2/c1-57-84(130-55-104-57)62-29-25-59(26-30-62)49-102-88(119)73-47-68(114)51-110(73)94(125)86(96(3,4)5)108-80(117)24-17-13-11-15-19-44-128-54-67(36-42-79(101)116)107-91(122)76-46-65-34-40-77(70-37-39-72(99)93(124)113(76)83(65)70)129-69-48-74(89(120)103-50-60-27-31-63(32-28-60)85-58(2)105-56-131-85)111(52-69)95(126)87(97(6,7)8)109-81(118)23-16-12-9-10-14-18-43-127-53-66(35-41-78(100)115)106-90(121)75-45-64-22-20-21-61-33-38-71(98)92(123)112(75)82(61)64/h20-22,25-32,34,40,55-56,66-69,71-76,86-87,114H,9-19,23-24,33,35-39,41-54,98-99H2,1-8H3,(H2,100,115)(H2,101,116)(H,102,119)(H,103,120)(H,106,121)(H,107,122)(H,108,117)(H,109,118)/t66-,67-,68+,69+,71-,72-,73-,74-,75-,76-,86+,87+/m0/s1. The topological polar surface area (TPSA) is 468 Å². The van der Waals surface area contributed by atoms with Crippen molar-refractivity contribution >= 4 is 105 Å². The smallest absolute Gasteiger partial charge is 0.246 e. The van der Waals surface area contributed by atoms with Gasteiger partial charge in [-0.25, -0.2) is 9.97 Å². The zero-order valence-electron chi connectivity index (χ0n) is 76.8. The van der Waals surface area contributed by atoms with Gasteiger partial charge in [0.2, 0.25) is 70.9 Å². The van der Waals surface area contributed by atoms with E-state index in [1.54, 1.807) is 33.3 Å². The Bertz CT molecular complexity index is 5050. The molecule has 0 aliphatic carbocycles. The third-order valence-electron chi connectivity index (χ3n) is 25.7. The fourth-order valence-electron chi connectivity index (χ4n) is 18.4. The summed E-state index contributed by atoms with van der Waals surface area (Å²) < 4.78 is 19.2. The lowest BCUT2D eigenvalue weighted by Crippen LogP contribution is -2.57. The lowest BCUT2D eigenvalue weighted by atomic mass is 9.85. The number of anilines is 2. The van der Waals surface area contributed by atoms with Crippen LogP contribution in [0.2, 0.25) is 0 Å². The summed E-state index contributed by atoms with van der Waals surface area (Å²) in [7, 11) is 0. The van der Waals surface area contributed by atoms with Gasteiger partial charge in [-0.05, 0) is 134 Å². The number of likely N-dealkylation sites (tertiary alicyclic amines) is 2. The van der Waals surface area contributed by atoms with E-state index in [-0.39, 0.29) is 127 Å². The monoisotopic (exact) mass is 1840 g/mol. The summed E-state index contributed by atoms with van der Waals surface area (Å²) in [5.74, 6) is -4.59. The van der Waals surface area contributed by atoms with Crippen LogP contribution >= 0.6 is 22.7 Å². The number of aliphatic hydroxyl groups is 1. The molecule has 12 rings (SSSR count). The number of carbonyl (C=O) groups is 12. The zero-order valence-corrected chi connectivity index (χ0v) is 78.4. The van der Waals surface area contributed by atoms with E-state index >= 15 is 4.79 Å². The quantitative estimate of drug-likeness (QED) is 0.0162. The highest BCUT2D eigenvalue weighted by atomic mass is 32.1. The number of hydrogen-bond acceptors (Lipinski definition) is 22. The second-order valence-electron chi connectivity index (χ2n) is 38.1. The van der Waals surface area contributed by atoms with Crippen LogP contribution in [0.4, 0.5) is 11.4 Å². The Kier molecular flexibility index (Phi) is 34.7. The average molecular weight is 1840 g/mol. The van der Waals surface area contributed by atoms with Crippen LogP contribution < -0.4 is 69.4 Å². The summed E-state index contributed by atoms with van der Waals surface area (Å²) in [6.07, 6.45) is 9.32. The number of nitrogens with two attached hydrogens (primary N) is 4. The summed E-state index contributed by atoms with van der Waals surface area (Å²) in [4.78, 5) is 183. The summed E-state index contributed by atoms with van der Waals surface area (Å²) in [6, 6.07) is 16.4. The van der Waals surface area contributed by atoms with Crippen molar-refractivity contribution in [3.8, 4) is 26.6 Å². The molecule has 0 saturated carbocycles. The van der Waals surface area contributed by atoms with Crippen LogP contribution in [0.25, 0.3) is 20.9 Å². The van der Waals surface area contributed by atoms with Crippen molar-refractivity contribution in [2.45, 2.75) is 302 Å². The number of aliphatic hydroxyl groups excluding tert-OH is 1. The van der Waals surface area contributed by atoms with Gasteiger partial charge in [-0.2, -0.15) is 0 Å². The third-order valence-corrected chi connectivity index (χ3v) is 27.7. The Balaban J connectivity index is 0.609. The number of β-amino-alcohol motifs (C(OH)–C–C–N with tert-alkyl or cyclic N) is 1. The molecule has 12 atom stereocenters. The van der Waals surface area contributed by atoms with E-state index in [1.807, 2.05) is 128 Å². The van der Waals surface area contributed by atoms with E-state index in [0.29, 0.717) is 87.1 Å². The molecule has 2 aromatic heterocycles. The maximum atomic E-state index is 15.4. The fourth-order valence-corrected chi connectivity index (χ4v) is 20.1. The average Bonchev–Trinajstić information content (AvgIpc) is 1.59. The van der Waals surface area contributed by atoms with E-state index in [2.05, 4.69) is 41.9 Å². The van der Waals surface area contributed by atoms with Crippen molar-refractivity contribution in [1.29, 1.82) is 0 Å². The molecular formula is C97H132N16O16S2. The highest BCUT2D eigenvalue weighted by molar-refractivity contribution is 7.13.